The highest BCUT2D eigenvalue weighted by Crippen LogP contribution is 1.96. The molecule has 2 atom stereocenters. The Labute approximate surface area is 74.9 Å². The van der Waals surface area contributed by atoms with Crippen LogP contribution in [0.5, 0.6) is 0 Å². The Morgan fingerprint density at radius 2 is 2.08 bits per heavy atom. The minimum atomic E-state index is -0.522. The van der Waals surface area contributed by atoms with Crippen LogP contribution in [0.1, 0.15) is 33.1 Å². The molecule has 12 heavy (non-hydrogen) atoms. The molecule has 2 unspecified atom stereocenters. The van der Waals surface area contributed by atoms with Crippen molar-refractivity contribution in [1.82, 2.24) is 0 Å². The third-order valence-corrected chi connectivity index (χ3v) is 1.79. The van der Waals surface area contributed by atoms with Gasteiger partial charge in [0.2, 0.25) is 0 Å². The first-order chi connectivity index (χ1) is 5.68. The molecule has 0 aromatic carbocycles. The van der Waals surface area contributed by atoms with Crippen molar-refractivity contribution in [1.29, 1.82) is 0 Å². The van der Waals surface area contributed by atoms with Crippen LogP contribution in [0.15, 0.2) is 0 Å². The van der Waals surface area contributed by atoms with Gasteiger partial charge in [0.15, 0.2) is 0 Å². The van der Waals surface area contributed by atoms with E-state index < -0.39 is 6.10 Å². The normalized spacial score (nSPS) is 16.0. The zero-order valence-electron chi connectivity index (χ0n) is 8.12. The van der Waals surface area contributed by atoms with Crippen LogP contribution in [0.25, 0.3) is 0 Å². The van der Waals surface area contributed by atoms with Gasteiger partial charge >= 0.3 is 0 Å². The van der Waals surface area contributed by atoms with Gasteiger partial charge in [-0.3, -0.25) is 0 Å². The summed E-state index contributed by atoms with van der Waals surface area (Å²) in [5.41, 5.74) is 5.45. The molecule has 0 rings (SSSR count). The Kier molecular flexibility index (Phi) is 7.45. The molecule has 0 aromatic rings. The van der Waals surface area contributed by atoms with E-state index in [2.05, 4.69) is 6.92 Å². The van der Waals surface area contributed by atoms with E-state index in [-0.39, 0.29) is 6.04 Å². The molecule has 0 heterocycles. The standard InChI is InChI=1S/C9H21NO2/c1-3-4-5-6-12-7-9(11)8(2)10/h8-9,11H,3-7,10H2,1-2H3. The van der Waals surface area contributed by atoms with Crippen molar-refractivity contribution in [2.24, 2.45) is 5.73 Å². The monoisotopic (exact) mass is 175 g/mol. The summed E-state index contributed by atoms with van der Waals surface area (Å²) in [6, 6.07) is -0.198. The largest absolute Gasteiger partial charge is 0.389 e. The molecule has 0 spiro atoms. The summed E-state index contributed by atoms with van der Waals surface area (Å²) in [5, 5.41) is 9.23. The van der Waals surface area contributed by atoms with Crippen molar-refractivity contribution in [2.45, 2.75) is 45.3 Å². The van der Waals surface area contributed by atoms with Gasteiger partial charge in [0.05, 0.1) is 12.7 Å². The first-order valence-corrected chi connectivity index (χ1v) is 4.69. The fraction of sp³-hybridized carbons (Fsp3) is 1.00. The number of hydrogen-bond donors (Lipinski definition) is 2. The van der Waals surface area contributed by atoms with Crippen molar-refractivity contribution in [3.8, 4) is 0 Å². The number of rotatable bonds is 7. The molecule has 74 valence electrons. The number of aliphatic hydroxyl groups excluding tert-OH is 1. The minimum Gasteiger partial charge on any atom is -0.389 e. The average Bonchev–Trinajstić information content (AvgIpc) is 2.03. The number of nitrogens with two attached hydrogens (primary N) is 1. The van der Waals surface area contributed by atoms with E-state index in [0.717, 1.165) is 13.0 Å². The second-order valence-electron chi connectivity index (χ2n) is 3.21. The Hall–Kier alpha value is -0.120. The fourth-order valence-corrected chi connectivity index (χ4v) is 0.810. The topological polar surface area (TPSA) is 55.5 Å². The highest BCUT2D eigenvalue weighted by atomic mass is 16.5. The maximum atomic E-state index is 9.23. The van der Waals surface area contributed by atoms with Crippen molar-refractivity contribution in [3.05, 3.63) is 0 Å². The summed E-state index contributed by atoms with van der Waals surface area (Å²) in [7, 11) is 0. The fourth-order valence-electron chi connectivity index (χ4n) is 0.810. The van der Waals surface area contributed by atoms with E-state index >= 15 is 0 Å². The summed E-state index contributed by atoms with van der Waals surface area (Å²) in [6.07, 6.45) is 2.93. The quantitative estimate of drug-likeness (QED) is 0.565. The average molecular weight is 175 g/mol. The lowest BCUT2D eigenvalue weighted by Crippen LogP contribution is -2.35. The molecule has 0 radical (unpaired) electrons. The van der Waals surface area contributed by atoms with Gasteiger partial charge in [0.1, 0.15) is 0 Å². The molecule has 3 heteroatoms. The lowest BCUT2D eigenvalue weighted by atomic mass is 10.2. The van der Waals surface area contributed by atoms with Crippen LogP contribution >= 0.6 is 0 Å². The van der Waals surface area contributed by atoms with Crippen LogP contribution in [0.4, 0.5) is 0 Å². The summed E-state index contributed by atoms with van der Waals surface area (Å²) >= 11 is 0. The molecule has 0 aromatic heterocycles. The lowest BCUT2D eigenvalue weighted by molar-refractivity contribution is 0.0252. The van der Waals surface area contributed by atoms with Crippen LogP contribution in [0.2, 0.25) is 0 Å². The Morgan fingerprint density at radius 1 is 1.42 bits per heavy atom. The molecular formula is C9H21NO2. The molecule has 0 bridgehead atoms. The molecule has 3 nitrogen and oxygen atoms in total. The summed E-state index contributed by atoms with van der Waals surface area (Å²) < 4.78 is 5.23. The highest BCUT2D eigenvalue weighted by Gasteiger charge is 2.08. The number of hydrogen-bond acceptors (Lipinski definition) is 3. The summed E-state index contributed by atoms with van der Waals surface area (Å²) in [6.45, 7) is 5.02. The number of unbranched alkanes of at least 4 members (excludes halogenated alkanes) is 2. The maximum Gasteiger partial charge on any atom is 0.0921 e. The second-order valence-corrected chi connectivity index (χ2v) is 3.21. The van der Waals surface area contributed by atoms with Crippen molar-refractivity contribution < 1.29 is 9.84 Å². The van der Waals surface area contributed by atoms with Gasteiger partial charge in [-0.2, -0.15) is 0 Å². The Bertz CT molecular complexity index is 96.5. The van der Waals surface area contributed by atoms with Crippen LogP contribution < -0.4 is 5.73 Å². The van der Waals surface area contributed by atoms with Gasteiger partial charge in [0.25, 0.3) is 0 Å². The molecule has 0 saturated heterocycles. The third kappa shape index (κ3) is 6.58. The first kappa shape index (κ1) is 11.9. The smallest absolute Gasteiger partial charge is 0.0921 e. The van der Waals surface area contributed by atoms with E-state index in [1.807, 2.05) is 0 Å². The van der Waals surface area contributed by atoms with Gasteiger partial charge in [-0.1, -0.05) is 19.8 Å². The van der Waals surface area contributed by atoms with Gasteiger partial charge in [-0.25, -0.2) is 0 Å². The van der Waals surface area contributed by atoms with Gasteiger partial charge in [0, 0.05) is 12.6 Å². The highest BCUT2D eigenvalue weighted by molar-refractivity contribution is 4.64. The molecular weight excluding hydrogens is 154 g/mol. The van der Waals surface area contributed by atoms with E-state index in [1.54, 1.807) is 6.92 Å². The Morgan fingerprint density at radius 3 is 2.58 bits per heavy atom. The first-order valence-electron chi connectivity index (χ1n) is 4.69. The van der Waals surface area contributed by atoms with Crippen molar-refractivity contribution in [3.63, 3.8) is 0 Å². The summed E-state index contributed by atoms with van der Waals surface area (Å²) in [4.78, 5) is 0. The maximum absolute atomic E-state index is 9.23. The predicted molar refractivity (Wildman–Crippen MR) is 50.0 cm³/mol. The van der Waals surface area contributed by atoms with Crippen LogP contribution in [0, 0.1) is 0 Å². The van der Waals surface area contributed by atoms with E-state index in [0.29, 0.717) is 6.61 Å². The van der Waals surface area contributed by atoms with Crippen LogP contribution in [-0.4, -0.2) is 30.5 Å². The van der Waals surface area contributed by atoms with E-state index in [9.17, 15) is 5.11 Å². The van der Waals surface area contributed by atoms with Crippen molar-refractivity contribution in [2.75, 3.05) is 13.2 Å². The number of aliphatic hydroxyl groups is 1. The number of ether oxygens (including phenoxy) is 1. The van der Waals surface area contributed by atoms with Crippen molar-refractivity contribution >= 4 is 0 Å². The Balaban J connectivity index is 3.08. The molecule has 0 aliphatic rings. The molecule has 0 amide bonds. The van der Waals surface area contributed by atoms with E-state index in [1.165, 1.54) is 12.8 Å². The van der Waals surface area contributed by atoms with Crippen LogP contribution in [0.3, 0.4) is 0 Å². The van der Waals surface area contributed by atoms with Gasteiger partial charge in [-0.05, 0) is 13.3 Å². The second kappa shape index (κ2) is 7.53. The molecule has 0 aliphatic carbocycles. The van der Waals surface area contributed by atoms with Gasteiger partial charge in [-0.15, -0.1) is 0 Å². The molecule has 3 N–H and O–H groups in total. The van der Waals surface area contributed by atoms with Gasteiger partial charge < -0.3 is 15.6 Å². The predicted octanol–water partition coefficient (Wildman–Crippen LogP) is 0.901. The molecule has 0 aliphatic heterocycles. The van der Waals surface area contributed by atoms with E-state index in [4.69, 9.17) is 10.5 Å². The van der Waals surface area contributed by atoms with Crippen LogP contribution in [-0.2, 0) is 4.74 Å². The summed E-state index contributed by atoms with van der Waals surface area (Å²) in [5.74, 6) is 0. The third-order valence-electron chi connectivity index (χ3n) is 1.79. The lowest BCUT2D eigenvalue weighted by Gasteiger charge is -2.14. The molecule has 0 saturated carbocycles. The SMILES string of the molecule is CCCCCOCC(O)C(C)N. The zero-order chi connectivity index (χ0) is 9.40. The zero-order valence-corrected chi connectivity index (χ0v) is 8.12. The minimum absolute atomic E-state index is 0.198. The molecule has 0 fully saturated rings.